The number of nitrogens with one attached hydrogen (secondary N) is 2. The fourth-order valence-electron chi connectivity index (χ4n) is 3.64. The van der Waals surface area contributed by atoms with E-state index in [-0.39, 0.29) is 34.3 Å². The zero-order valence-corrected chi connectivity index (χ0v) is 20.7. The van der Waals surface area contributed by atoms with Crippen molar-refractivity contribution < 1.29 is 22.4 Å². The van der Waals surface area contributed by atoms with Gasteiger partial charge in [0.15, 0.2) is 11.6 Å². The van der Waals surface area contributed by atoms with Gasteiger partial charge in [-0.1, -0.05) is 12.1 Å². The van der Waals surface area contributed by atoms with Crippen LogP contribution in [0, 0.1) is 0 Å². The standard InChI is InChI=1S/C24H27FN6O4S/c1-3-35-31(22-9-4-15(12-25)13-28-22)23-11-20(18(14-29-23)24(26)32)30-19-8-7-17(16-5-6-16)10-21(19)36(33,34)27-2/h4,7-11,13-14,16,27H,3,5-6,12H2,1-2H3,(H2,26,32)(H,29,30). The number of sulfonamides is 1. The second kappa shape index (κ2) is 10.6. The van der Waals surface area contributed by atoms with Crippen molar-refractivity contribution in [3.8, 4) is 0 Å². The Labute approximate surface area is 208 Å². The van der Waals surface area contributed by atoms with Crippen molar-refractivity contribution in [3.05, 3.63) is 65.5 Å². The van der Waals surface area contributed by atoms with E-state index in [1.807, 2.05) is 6.07 Å². The molecule has 1 aromatic carbocycles. The number of hydrogen-bond acceptors (Lipinski definition) is 8. The van der Waals surface area contributed by atoms with Crippen molar-refractivity contribution in [2.75, 3.05) is 24.0 Å². The molecule has 0 aliphatic heterocycles. The van der Waals surface area contributed by atoms with Gasteiger partial charge >= 0.3 is 0 Å². The number of nitrogens with zero attached hydrogens (tertiary/aromatic N) is 3. The molecule has 0 unspecified atom stereocenters. The summed E-state index contributed by atoms with van der Waals surface area (Å²) in [6, 6.07) is 9.83. The molecule has 2 aromatic heterocycles. The Bertz CT molecular complexity index is 1360. The summed E-state index contributed by atoms with van der Waals surface area (Å²) in [5.74, 6) is 0.177. The Morgan fingerprint density at radius 2 is 1.89 bits per heavy atom. The Morgan fingerprint density at radius 1 is 1.14 bits per heavy atom. The van der Waals surface area contributed by atoms with E-state index in [1.54, 1.807) is 31.2 Å². The third kappa shape index (κ3) is 5.45. The first-order valence-corrected chi connectivity index (χ1v) is 12.8. The minimum absolute atomic E-state index is 0.0494. The van der Waals surface area contributed by atoms with Crippen molar-refractivity contribution in [3.63, 3.8) is 0 Å². The molecule has 3 aromatic rings. The summed E-state index contributed by atoms with van der Waals surface area (Å²) >= 11 is 0. The molecule has 36 heavy (non-hydrogen) atoms. The number of carbonyl (C=O) groups is 1. The summed E-state index contributed by atoms with van der Waals surface area (Å²) in [6.45, 7) is 1.39. The van der Waals surface area contributed by atoms with E-state index in [9.17, 15) is 17.6 Å². The number of primary amides is 1. The van der Waals surface area contributed by atoms with Crippen LogP contribution in [-0.2, 0) is 21.5 Å². The Balaban J connectivity index is 1.78. The van der Waals surface area contributed by atoms with Gasteiger partial charge in [-0.3, -0.25) is 9.63 Å². The predicted molar refractivity (Wildman–Crippen MR) is 134 cm³/mol. The topological polar surface area (TPSA) is 140 Å². The normalized spacial score (nSPS) is 13.4. The van der Waals surface area contributed by atoms with Crippen molar-refractivity contribution >= 4 is 38.9 Å². The van der Waals surface area contributed by atoms with E-state index in [0.29, 0.717) is 17.3 Å². The van der Waals surface area contributed by atoms with Crippen LogP contribution in [0.15, 0.2) is 53.7 Å². The first kappa shape index (κ1) is 25.5. The quantitative estimate of drug-likeness (QED) is 0.330. The molecule has 2 heterocycles. The van der Waals surface area contributed by atoms with E-state index < -0.39 is 22.6 Å². The van der Waals surface area contributed by atoms with Gasteiger partial charge in [0, 0.05) is 24.0 Å². The molecular weight excluding hydrogens is 487 g/mol. The molecule has 1 amide bonds. The largest absolute Gasteiger partial charge is 0.365 e. The molecule has 12 heteroatoms. The fourth-order valence-corrected chi connectivity index (χ4v) is 4.56. The molecule has 1 saturated carbocycles. The number of carbonyl (C=O) groups excluding carboxylic acids is 1. The smallest absolute Gasteiger partial charge is 0.252 e. The summed E-state index contributed by atoms with van der Waals surface area (Å²) in [5.41, 5.74) is 7.46. The summed E-state index contributed by atoms with van der Waals surface area (Å²) in [7, 11) is -2.48. The van der Waals surface area contributed by atoms with Crippen LogP contribution in [0.5, 0.6) is 0 Å². The van der Waals surface area contributed by atoms with Crippen molar-refractivity contribution in [2.24, 2.45) is 5.73 Å². The molecule has 1 aliphatic carbocycles. The number of anilines is 4. The van der Waals surface area contributed by atoms with Crippen molar-refractivity contribution in [2.45, 2.75) is 37.3 Å². The number of benzene rings is 1. The van der Waals surface area contributed by atoms with Gasteiger partial charge in [-0.05, 0) is 56.5 Å². The maximum absolute atomic E-state index is 12.9. The molecule has 4 N–H and O–H groups in total. The molecule has 0 radical (unpaired) electrons. The first-order chi connectivity index (χ1) is 17.3. The lowest BCUT2D eigenvalue weighted by Crippen LogP contribution is -2.22. The zero-order valence-electron chi connectivity index (χ0n) is 19.9. The predicted octanol–water partition coefficient (Wildman–Crippen LogP) is 3.66. The summed E-state index contributed by atoms with van der Waals surface area (Å²) < 4.78 is 40.9. The maximum atomic E-state index is 12.9. The summed E-state index contributed by atoms with van der Waals surface area (Å²) in [5, 5.41) is 4.38. The Hall–Kier alpha value is -3.61. The van der Waals surface area contributed by atoms with Crippen LogP contribution < -0.4 is 20.8 Å². The number of rotatable bonds is 11. The Kier molecular flexibility index (Phi) is 7.48. The lowest BCUT2D eigenvalue weighted by Gasteiger charge is -2.23. The van der Waals surface area contributed by atoms with Crippen LogP contribution in [0.3, 0.4) is 0 Å². The number of amides is 1. The van der Waals surface area contributed by atoms with Crippen LogP contribution in [0.2, 0.25) is 0 Å². The van der Waals surface area contributed by atoms with Crippen LogP contribution in [0.4, 0.5) is 27.4 Å². The van der Waals surface area contributed by atoms with Gasteiger partial charge in [-0.2, -0.15) is 5.06 Å². The second-order valence-electron chi connectivity index (χ2n) is 8.19. The SMILES string of the molecule is CCON(c1ccc(CF)cn1)c1cc(Nc2ccc(C3CC3)cc2S(=O)(=O)NC)c(C(N)=O)cn1. The van der Waals surface area contributed by atoms with Crippen LogP contribution in [-0.4, -0.2) is 37.9 Å². The van der Waals surface area contributed by atoms with Gasteiger partial charge < -0.3 is 11.1 Å². The van der Waals surface area contributed by atoms with Gasteiger partial charge in [0.25, 0.3) is 5.91 Å². The first-order valence-electron chi connectivity index (χ1n) is 11.4. The highest BCUT2D eigenvalue weighted by Gasteiger charge is 2.27. The molecule has 0 atom stereocenters. The minimum Gasteiger partial charge on any atom is -0.365 e. The van der Waals surface area contributed by atoms with E-state index >= 15 is 0 Å². The maximum Gasteiger partial charge on any atom is 0.252 e. The molecule has 10 nitrogen and oxygen atoms in total. The van der Waals surface area contributed by atoms with E-state index in [2.05, 4.69) is 20.0 Å². The fraction of sp³-hybridized carbons (Fsp3) is 0.292. The molecule has 4 rings (SSSR count). The Morgan fingerprint density at radius 3 is 2.47 bits per heavy atom. The van der Waals surface area contributed by atoms with Crippen LogP contribution >= 0.6 is 0 Å². The van der Waals surface area contributed by atoms with Crippen molar-refractivity contribution in [1.29, 1.82) is 0 Å². The average molecular weight is 515 g/mol. The van der Waals surface area contributed by atoms with Crippen molar-refractivity contribution in [1.82, 2.24) is 14.7 Å². The van der Waals surface area contributed by atoms with Gasteiger partial charge in [0.05, 0.1) is 23.5 Å². The minimum atomic E-state index is -3.82. The lowest BCUT2D eigenvalue weighted by atomic mass is 10.1. The number of hydrogen-bond donors (Lipinski definition) is 3. The molecular formula is C24H27FN6O4S. The monoisotopic (exact) mass is 514 g/mol. The highest BCUT2D eigenvalue weighted by atomic mass is 32.2. The third-order valence-corrected chi connectivity index (χ3v) is 7.13. The molecule has 190 valence electrons. The number of pyridine rings is 2. The second-order valence-corrected chi connectivity index (χ2v) is 10.0. The molecule has 0 spiro atoms. The third-order valence-electron chi connectivity index (χ3n) is 5.67. The van der Waals surface area contributed by atoms with Gasteiger partial charge in [0.2, 0.25) is 10.0 Å². The van der Waals surface area contributed by atoms with E-state index in [1.165, 1.54) is 30.6 Å². The van der Waals surface area contributed by atoms with E-state index in [4.69, 9.17) is 10.6 Å². The number of aromatic nitrogens is 2. The van der Waals surface area contributed by atoms with Gasteiger partial charge in [0.1, 0.15) is 11.6 Å². The highest BCUT2D eigenvalue weighted by Crippen LogP contribution is 2.42. The summed E-state index contributed by atoms with van der Waals surface area (Å²) in [4.78, 5) is 26.4. The molecule has 1 fully saturated rings. The van der Waals surface area contributed by atoms with Crippen LogP contribution in [0.25, 0.3) is 0 Å². The molecule has 0 saturated heterocycles. The zero-order chi connectivity index (χ0) is 25.9. The van der Waals surface area contributed by atoms with Crippen LogP contribution in [0.1, 0.15) is 47.2 Å². The molecule has 1 aliphatic rings. The van der Waals surface area contributed by atoms with Gasteiger partial charge in [-0.15, -0.1) is 0 Å². The van der Waals surface area contributed by atoms with E-state index in [0.717, 1.165) is 18.4 Å². The highest BCUT2D eigenvalue weighted by molar-refractivity contribution is 7.89. The molecule has 0 bridgehead atoms. The summed E-state index contributed by atoms with van der Waals surface area (Å²) in [6.07, 6.45) is 4.68. The number of nitrogens with two attached hydrogens (primary N) is 1. The number of halogens is 1. The average Bonchev–Trinajstić information content (AvgIpc) is 3.73. The number of alkyl halides is 1. The van der Waals surface area contributed by atoms with Gasteiger partial charge in [-0.25, -0.2) is 27.5 Å². The lowest BCUT2D eigenvalue weighted by molar-refractivity contribution is 0.100.